The van der Waals surface area contributed by atoms with Crippen LogP contribution in [0, 0.1) is 6.92 Å². The number of aryl methyl sites for hydroxylation is 1. The van der Waals surface area contributed by atoms with Gasteiger partial charge in [0, 0.05) is 11.2 Å². The number of carboxylic acids is 1. The van der Waals surface area contributed by atoms with Crippen LogP contribution in [0.15, 0.2) is 34.0 Å². The molecule has 0 radical (unpaired) electrons. The van der Waals surface area contributed by atoms with Gasteiger partial charge in [-0.3, -0.25) is 9.67 Å². The van der Waals surface area contributed by atoms with Crippen LogP contribution in [0.25, 0.3) is 11.0 Å². The number of rotatable bonds is 5. The molecule has 2 heterocycles. The van der Waals surface area contributed by atoms with Crippen LogP contribution < -0.4 is 0 Å². The number of allylic oxidation sites excluding steroid dienone is 4. The van der Waals surface area contributed by atoms with Gasteiger partial charge in [-0.1, -0.05) is 29.3 Å². The molecule has 5 nitrogen and oxygen atoms in total. The van der Waals surface area contributed by atoms with Crippen LogP contribution in [-0.2, 0) is 17.3 Å². The quantitative estimate of drug-likeness (QED) is 0.760. The van der Waals surface area contributed by atoms with E-state index in [1.807, 2.05) is 0 Å². The average molecular weight is 390 g/mol. The summed E-state index contributed by atoms with van der Waals surface area (Å²) in [5.41, 5.74) is 1.15. The number of nitrogens with zero attached hydrogens (tertiary/aromatic N) is 3. The van der Waals surface area contributed by atoms with E-state index in [1.54, 1.807) is 26.8 Å². The second kappa shape index (κ2) is 7.09. The molecule has 0 saturated heterocycles. The SMILES string of the molecule is C/C=C(Cn1nc(C)c2ncc(C(F)(F)C(=O)O)cc21)\C(Cl)=C(/C)Cl. The van der Waals surface area contributed by atoms with E-state index in [0.717, 1.165) is 12.3 Å². The summed E-state index contributed by atoms with van der Waals surface area (Å²) in [6.45, 7) is 5.25. The second-order valence-electron chi connectivity index (χ2n) is 5.38. The van der Waals surface area contributed by atoms with Crippen molar-refractivity contribution in [3.63, 3.8) is 0 Å². The lowest BCUT2D eigenvalue weighted by atomic mass is 10.1. The fourth-order valence-electron chi connectivity index (χ4n) is 2.30. The van der Waals surface area contributed by atoms with Crippen molar-refractivity contribution in [1.82, 2.24) is 14.8 Å². The Morgan fingerprint density at radius 2 is 2.08 bits per heavy atom. The molecule has 0 aromatic carbocycles. The van der Waals surface area contributed by atoms with E-state index < -0.39 is 17.5 Å². The van der Waals surface area contributed by atoms with Gasteiger partial charge in [0.1, 0.15) is 5.52 Å². The summed E-state index contributed by atoms with van der Waals surface area (Å²) in [5.74, 6) is -6.29. The van der Waals surface area contributed by atoms with Gasteiger partial charge in [0.05, 0.1) is 28.4 Å². The summed E-state index contributed by atoms with van der Waals surface area (Å²) in [6, 6.07) is 1.08. The number of pyridine rings is 1. The number of hydrogen-bond acceptors (Lipinski definition) is 3. The molecule has 9 heteroatoms. The third-order valence-electron chi connectivity index (χ3n) is 3.64. The summed E-state index contributed by atoms with van der Waals surface area (Å²) in [7, 11) is 0. The Hall–Kier alpha value is -1.99. The predicted molar refractivity (Wildman–Crippen MR) is 92.0 cm³/mol. The summed E-state index contributed by atoms with van der Waals surface area (Å²) in [6.07, 6.45) is 2.59. The molecule has 0 atom stereocenters. The molecule has 0 unspecified atom stereocenters. The lowest BCUT2D eigenvalue weighted by Gasteiger charge is -2.12. The van der Waals surface area contributed by atoms with E-state index in [9.17, 15) is 13.6 Å². The van der Waals surface area contributed by atoms with Crippen molar-refractivity contribution in [2.75, 3.05) is 0 Å². The molecule has 0 aliphatic rings. The van der Waals surface area contributed by atoms with E-state index in [1.165, 1.54) is 4.68 Å². The first-order valence-electron chi connectivity index (χ1n) is 7.21. The highest BCUT2D eigenvalue weighted by Gasteiger charge is 2.41. The maximum absolute atomic E-state index is 13.8. The maximum Gasteiger partial charge on any atom is 0.379 e. The minimum absolute atomic E-state index is 0.174. The van der Waals surface area contributed by atoms with Gasteiger partial charge in [-0.05, 0) is 32.4 Å². The number of alkyl halides is 2. The van der Waals surface area contributed by atoms with Crippen LogP contribution in [0.2, 0.25) is 0 Å². The first-order chi connectivity index (χ1) is 11.6. The average Bonchev–Trinajstić information content (AvgIpc) is 2.87. The highest BCUT2D eigenvalue weighted by atomic mass is 35.5. The van der Waals surface area contributed by atoms with Crippen molar-refractivity contribution in [2.24, 2.45) is 0 Å². The largest absolute Gasteiger partial charge is 0.477 e. The third kappa shape index (κ3) is 3.67. The Morgan fingerprint density at radius 1 is 1.44 bits per heavy atom. The summed E-state index contributed by atoms with van der Waals surface area (Å²) < 4.78 is 29.0. The fraction of sp³-hybridized carbons (Fsp3) is 0.312. The normalized spacial score (nSPS) is 14.0. The smallest absolute Gasteiger partial charge is 0.379 e. The summed E-state index contributed by atoms with van der Waals surface area (Å²) in [4.78, 5) is 14.7. The van der Waals surface area contributed by atoms with Crippen molar-refractivity contribution >= 4 is 40.2 Å². The van der Waals surface area contributed by atoms with Crippen molar-refractivity contribution in [3.8, 4) is 0 Å². The van der Waals surface area contributed by atoms with Crippen LogP contribution in [-0.4, -0.2) is 25.8 Å². The maximum atomic E-state index is 13.8. The number of hydrogen-bond donors (Lipinski definition) is 1. The molecule has 0 aliphatic heterocycles. The van der Waals surface area contributed by atoms with Crippen molar-refractivity contribution in [1.29, 1.82) is 0 Å². The first-order valence-corrected chi connectivity index (χ1v) is 7.97. The number of halogens is 4. The van der Waals surface area contributed by atoms with Crippen molar-refractivity contribution in [2.45, 2.75) is 33.2 Å². The van der Waals surface area contributed by atoms with Gasteiger partial charge in [-0.2, -0.15) is 13.9 Å². The topological polar surface area (TPSA) is 68.0 Å². The van der Waals surface area contributed by atoms with E-state index in [2.05, 4.69) is 10.1 Å². The molecule has 0 saturated carbocycles. The highest BCUT2D eigenvalue weighted by Crippen LogP contribution is 2.31. The molecule has 0 aliphatic carbocycles. The molecule has 0 spiro atoms. The Labute approximate surface area is 152 Å². The van der Waals surface area contributed by atoms with E-state index in [4.69, 9.17) is 28.3 Å². The zero-order valence-electron chi connectivity index (χ0n) is 13.6. The third-order valence-corrected chi connectivity index (χ3v) is 4.46. The second-order valence-corrected chi connectivity index (χ2v) is 6.32. The monoisotopic (exact) mass is 389 g/mol. The lowest BCUT2D eigenvalue weighted by molar-refractivity contribution is -0.166. The molecule has 2 aromatic heterocycles. The molecule has 0 bridgehead atoms. The molecular weight excluding hydrogens is 375 g/mol. The van der Waals surface area contributed by atoms with E-state index in [0.29, 0.717) is 26.8 Å². The zero-order chi connectivity index (χ0) is 18.9. The van der Waals surface area contributed by atoms with E-state index in [-0.39, 0.29) is 12.1 Å². The van der Waals surface area contributed by atoms with E-state index >= 15 is 0 Å². The number of carbonyl (C=O) groups is 1. The van der Waals surface area contributed by atoms with Crippen LogP contribution >= 0.6 is 23.2 Å². The number of fused-ring (bicyclic) bond motifs is 1. The summed E-state index contributed by atoms with van der Waals surface area (Å²) >= 11 is 12.1. The van der Waals surface area contributed by atoms with Gasteiger partial charge >= 0.3 is 11.9 Å². The predicted octanol–water partition coefficient (Wildman–Crippen LogP) is 4.57. The number of aliphatic carboxylic acids is 1. The Balaban J connectivity index is 2.58. The fourth-order valence-corrected chi connectivity index (χ4v) is 2.59. The van der Waals surface area contributed by atoms with Crippen molar-refractivity contribution < 1.29 is 18.7 Å². The van der Waals surface area contributed by atoms with Gasteiger partial charge in [-0.15, -0.1) is 0 Å². The van der Waals surface area contributed by atoms with Crippen LogP contribution in [0.4, 0.5) is 8.78 Å². The standard InChI is InChI=1S/C16H15Cl2F2N3O2/c1-4-10(13(18)8(2)17)7-23-12-5-11(16(19,20)15(24)25)6-21-14(12)9(3)22-23/h4-6H,7H2,1-3H3,(H,24,25)/b10-4-,13-8-. The first kappa shape index (κ1) is 19.3. The van der Waals surface area contributed by atoms with Gasteiger partial charge < -0.3 is 5.11 Å². The molecule has 0 fully saturated rings. The highest BCUT2D eigenvalue weighted by molar-refractivity contribution is 6.40. The Kier molecular flexibility index (Phi) is 5.49. The Bertz CT molecular complexity index is 900. The molecule has 2 aromatic rings. The van der Waals surface area contributed by atoms with Gasteiger partial charge in [0.25, 0.3) is 0 Å². The molecule has 1 N–H and O–H groups in total. The van der Waals surface area contributed by atoms with Gasteiger partial charge in [0.2, 0.25) is 0 Å². The van der Waals surface area contributed by atoms with Gasteiger partial charge in [-0.25, -0.2) is 4.79 Å². The molecular formula is C16H15Cl2F2N3O2. The molecule has 2 rings (SSSR count). The van der Waals surface area contributed by atoms with Gasteiger partial charge in [0.15, 0.2) is 0 Å². The zero-order valence-corrected chi connectivity index (χ0v) is 15.2. The molecule has 134 valence electrons. The van der Waals surface area contributed by atoms with Crippen molar-refractivity contribution in [3.05, 3.63) is 45.2 Å². The lowest BCUT2D eigenvalue weighted by Crippen LogP contribution is -2.25. The van der Waals surface area contributed by atoms with Crippen LogP contribution in [0.3, 0.4) is 0 Å². The van der Waals surface area contributed by atoms with Crippen LogP contribution in [0.5, 0.6) is 0 Å². The molecule has 25 heavy (non-hydrogen) atoms. The minimum atomic E-state index is -4.04. The summed E-state index contributed by atoms with van der Waals surface area (Å²) in [5, 5.41) is 13.7. The van der Waals surface area contributed by atoms with Crippen LogP contribution in [0.1, 0.15) is 25.1 Å². The Morgan fingerprint density at radius 3 is 2.60 bits per heavy atom. The minimum Gasteiger partial charge on any atom is -0.477 e. The molecule has 0 amide bonds. The number of aromatic nitrogens is 3. The number of carboxylic acid groups (broad SMARTS) is 1.